The number of amides is 1. The van der Waals surface area contributed by atoms with Crippen LogP contribution in [-0.4, -0.2) is 89.7 Å². The molecular formula is C25H30N2O8S. The number of likely N-dealkylation sites (N-methyl/N-ethyl adjacent to an activating group) is 1. The van der Waals surface area contributed by atoms with Crippen molar-refractivity contribution in [2.75, 3.05) is 39.2 Å². The van der Waals surface area contributed by atoms with Crippen LogP contribution in [0.4, 0.5) is 5.69 Å². The summed E-state index contributed by atoms with van der Waals surface area (Å²) in [6, 6.07) is 14.9. The van der Waals surface area contributed by atoms with Crippen LogP contribution < -0.4 is 9.64 Å². The number of anilines is 1. The number of para-hydroxylation sites is 1. The maximum atomic E-state index is 13.1. The summed E-state index contributed by atoms with van der Waals surface area (Å²) in [6.07, 6.45) is -0.830. The van der Waals surface area contributed by atoms with E-state index in [1.54, 1.807) is 7.11 Å². The highest BCUT2D eigenvalue weighted by Crippen LogP contribution is 2.45. The first-order valence-electron chi connectivity index (χ1n) is 10.9. The van der Waals surface area contributed by atoms with Crippen LogP contribution in [0.15, 0.2) is 65.6 Å². The Morgan fingerprint density at radius 3 is 2.19 bits per heavy atom. The van der Waals surface area contributed by atoms with E-state index in [0.29, 0.717) is 24.4 Å². The number of aliphatic carboxylic acids is 2. The van der Waals surface area contributed by atoms with Gasteiger partial charge in [-0.15, -0.1) is 11.8 Å². The normalized spacial score (nSPS) is 18.2. The van der Waals surface area contributed by atoms with Crippen LogP contribution in [0.3, 0.4) is 0 Å². The third-order valence-corrected chi connectivity index (χ3v) is 6.38. The SMILES string of the molecule is COc1ccc([C@@H]2Sc3ccccc3N(CC(O)CN(C)C)C(=O)[C@@H]2O)cc1.O=C(O)C=CC(=O)O. The Kier molecular flexibility index (Phi) is 10.9. The second-order valence-electron chi connectivity index (χ2n) is 8.10. The minimum Gasteiger partial charge on any atom is -0.497 e. The number of benzene rings is 2. The van der Waals surface area contributed by atoms with E-state index >= 15 is 0 Å². The lowest BCUT2D eigenvalue weighted by molar-refractivity contribution is -0.134. The van der Waals surface area contributed by atoms with E-state index in [4.69, 9.17) is 14.9 Å². The molecule has 1 aliphatic rings. The number of thioether (sulfide) groups is 1. The number of carboxylic acid groups (broad SMARTS) is 2. The molecule has 0 spiro atoms. The molecule has 1 unspecified atom stereocenters. The smallest absolute Gasteiger partial charge is 0.328 e. The summed E-state index contributed by atoms with van der Waals surface area (Å²) >= 11 is 1.46. The van der Waals surface area contributed by atoms with Crippen LogP contribution in [0.5, 0.6) is 5.75 Å². The number of fused-ring (bicyclic) bond motifs is 1. The fourth-order valence-electron chi connectivity index (χ4n) is 3.45. The molecule has 0 radical (unpaired) electrons. The van der Waals surface area contributed by atoms with Gasteiger partial charge in [0.15, 0.2) is 0 Å². The standard InChI is InChI=1S/C21H26N2O4S.C4H4O4/c1-22(2)12-15(24)13-23-17-6-4-5-7-18(17)28-20(19(25)21(23)26)14-8-10-16(27-3)11-9-14;5-3(6)1-2-4(7)8/h4-11,15,19-20,24-25H,12-13H2,1-3H3;1-2H,(H,5,6)(H,7,8)/t15?,19-,20+;/m1./s1. The van der Waals surface area contributed by atoms with Gasteiger partial charge in [-0.2, -0.15) is 0 Å². The number of carbonyl (C=O) groups is 3. The molecule has 0 bridgehead atoms. The molecule has 1 aliphatic heterocycles. The number of β-amino-alcohol motifs (C(OH)–C–C–N with tert-alkyl or cyclic N) is 1. The third kappa shape index (κ3) is 8.38. The van der Waals surface area contributed by atoms with Gasteiger partial charge in [-0.05, 0) is 43.9 Å². The Morgan fingerprint density at radius 2 is 1.67 bits per heavy atom. The zero-order valence-corrected chi connectivity index (χ0v) is 21.0. The monoisotopic (exact) mass is 518 g/mol. The number of nitrogens with zero attached hydrogens (tertiary/aromatic N) is 2. The molecule has 10 nitrogen and oxygen atoms in total. The van der Waals surface area contributed by atoms with Crippen molar-refractivity contribution in [3.05, 3.63) is 66.2 Å². The number of methoxy groups -OCH3 is 1. The number of rotatable bonds is 8. The highest BCUT2D eigenvalue weighted by molar-refractivity contribution is 7.99. The van der Waals surface area contributed by atoms with Crippen molar-refractivity contribution in [2.24, 2.45) is 0 Å². The summed E-state index contributed by atoms with van der Waals surface area (Å²) in [5, 5.41) is 36.5. The highest BCUT2D eigenvalue weighted by atomic mass is 32.2. The van der Waals surface area contributed by atoms with Gasteiger partial charge in [-0.1, -0.05) is 24.3 Å². The Labute approximate surface area is 213 Å². The first-order chi connectivity index (χ1) is 17.0. The fraction of sp³-hybridized carbons (Fsp3) is 0.320. The quantitative estimate of drug-likeness (QED) is 0.382. The molecule has 4 N–H and O–H groups in total. The average Bonchev–Trinajstić information content (AvgIpc) is 2.93. The van der Waals surface area contributed by atoms with Crippen LogP contribution in [0.2, 0.25) is 0 Å². The number of carbonyl (C=O) groups excluding carboxylic acids is 1. The predicted molar refractivity (Wildman–Crippen MR) is 135 cm³/mol. The molecule has 194 valence electrons. The molecule has 3 atom stereocenters. The van der Waals surface area contributed by atoms with Crippen molar-refractivity contribution in [1.82, 2.24) is 4.90 Å². The van der Waals surface area contributed by atoms with E-state index in [2.05, 4.69) is 0 Å². The lowest BCUT2D eigenvalue weighted by atomic mass is 10.1. The topological polar surface area (TPSA) is 148 Å². The Balaban J connectivity index is 0.000000493. The van der Waals surface area contributed by atoms with Gasteiger partial charge in [-0.3, -0.25) is 4.79 Å². The van der Waals surface area contributed by atoms with E-state index in [-0.39, 0.29) is 6.54 Å². The number of aliphatic hydroxyl groups is 2. The molecule has 0 fully saturated rings. The van der Waals surface area contributed by atoms with Gasteiger partial charge in [0.2, 0.25) is 0 Å². The van der Waals surface area contributed by atoms with Gasteiger partial charge in [-0.25, -0.2) is 9.59 Å². The molecule has 1 amide bonds. The van der Waals surface area contributed by atoms with Crippen molar-refractivity contribution in [3.63, 3.8) is 0 Å². The molecule has 11 heteroatoms. The van der Waals surface area contributed by atoms with Gasteiger partial charge in [0.1, 0.15) is 11.9 Å². The number of carboxylic acids is 2. The lowest BCUT2D eigenvalue weighted by Gasteiger charge is -2.28. The molecule has 0 saturated carbocycles. The molecule has 2 aromatic rings. The van der Waals surface area contributed by atoms with E-state index < -0.39 is 35.3 Å². The van der Waals surface area contributed by atoms with Crippen molar-refractivity contribution < 1.29 is 39.5 Å². The highest BCUT2D eigenvalue weighted by Gasteiger charge is 2.37. The summed E-state index contributed by atoms with van der Waals surface area (Å²) < 4.78 is 5.20. The fourth-order valence-corrected chi connectivity index (χ4v) is 4.72. The molecule has 0 saturated heterocycles. The maximum absolute atomic E-state index is 13.1. The first-order valence-corrected chi connectivity index (χ1v) is 11.8. The van der Waals surface area contributed by atoms with E-state index in [1.165, 1.54) is 16.7 Å². The zero-order valence-electron chi connectivity index (χ0n) is 20.1. The van der Waals surface area contributed by atoms with Crippen molar-refractivity contribution in [1.29, 1.82) is 0 Å². The maximum Gasteiger partial charge on any atom is 0.328 e. The van der Waals surface area contributed by atoms with Gasteiger partial charge >= 0.3 is 11.9 Å². The molecule has 36 heavy (non-hydrogen) atoms. The molecule has 0 aliphatic carbocycles. The lowest BCUT2D eigenvalue weighted by Crippen LogP contribution is -2.46. The molecular weight excluding hydrogens is 488 g/mol. The summed E-state index contributed by atoms with van der Waals surface area (Å²) in [6.45, 7) is 0.554. The molecule has 1 heterocycles. The van der Waals surface area contributed by atoms with Crippen molar-refractivity contribution in [2.45, 2.75) is 22.4 Å². The number of ether oxygens (including phenoxy) is 1. The Morgan fingerprint density at radius 1 is 1.08 bits per heavy atom. The van der Waals surface area contributed by atoms with Crippen LogP contribution >= 0.6 is 11.8 Å². The third-order valence-electron chi connectivity index (χ3n) is 5.00. The average molecular weight is 519 g/mol. The van der Waals surface area contributed by atoms with Gasteiger partial charge < -0.3 is 35.0 Å². The van der Waals surface area contributed by atoms with E-state index in [9.17, 15) is 24.6 Å². The zero-order chi connectivity index (χ0) is 26.8. The largest absolute Gasteiger partial charge is 0.497 e. The summed E-state index contributed by atoms with van der Waals surface area (Å²) in [4.78, 5) is 36.5. The molecule has 0 aromatic heterocycles. The Hall–Kier alpha value is -3.38. The summed E-state index contributed by atoms with van der Waals surface area (Å²) in [7, 11) is 5.33. The van der Waals surface area contributed by atoms with Gasteiger partial charge in [0.05, 0.1) is 30.7 Å². The summed E-state index contributed by atoms with van der Waals surface area (Å²) in [5.74, 6) is -2.20. The minimum absolute atomic E-state index is 0.126. The number of hydrogen-bond acceptors (Lipinski definition) is 8. The summed E-state index contributed by atoms with van der Waals surface area (Å²) in [5.41, 5.74) is 1.56. The van der Waals surface area contributed by atoms with Crippen molar-refractivity contribution in [3.8, 4) is 5.75 Å². The van der Waals surface area contributed by atoms with Crippen LogP contribution in [0.1, 0.15) is 10.8 Å². The molecule has 3 rings (SSSR count). The van der Waals surface area contributed by atoms with Crippen LogP contribution in [0.25, 0.3) is 0 Å². The Bertz CT molecular complexity index is 1060. The second-order valence-corrected chi connectivity index (χ2v) is 9.28. The van der Waals surface area contributed by atoms with Crippen LogP contribution in [0, 0.1) is 0 Å². The van der Waals surface area contributed by atoms with E-state index in [0.717, 1.165) is 16.2 Å². The number of aliphatic hydroxyl groups excluding tert-OH is 2. The predicted octanol–water partition coefficient (Wildman–Crippen LogP) is 1.87. The van der Waals surface area contributed by atoms with E-state index in [1.807, 2.05) is 67.5 Å². The first kappa shape index (κ1) is 28.9. The van der Waals surface area contributed by atoms with Crippen molar-refractivity contribution >= 4 is 35.3 Å². The van der Waals surface area contributed by atoms with Crippen LogP contribution in [-0.2, 0) is 14.4 Å². The minimum atomic E-state index is -1.26. The van der Waals surface area contributed by atoms with Gasteiger partial charge in [0.25, 0.3) is 5.91 Å². The number of hydrogen-bond donors (Lipinski definition) is 4. The second kappa shape index (κ2) is 13.6. The van der Waals surface area contributed by atoms with Gasteiger partial charge in [0, 0.05) is 23.6 Å². The molecule has 2 aromatic carbocycles.